The van der Waals surface area contributed by atoms with Gasteiger partial charge in [0.15, 0.2) is 10.8 Å². The van der Waals surface area contributed by atoms with Gasteiger partial charge in [-0.1, -0.05) is 12.1 Å². The summed E-state index contributed by atoms with van der Waals surface area (Å²) in [4.78, 5) is 10.4. The third kappa shape index (κ3) is 1.83. The van der Waals surface area contributed by atoms with Gasteiger partial charge in [-0.2, -0.15) is 0 Å². The number of anilines is 3. The summed E-state index contributed by atoms with van der Waals surface area (Å²) in [5.74, 6) is 0.991. The van der Waals surface area contributed by atoms with Crippen molar-refractivity contribution in [3.8, 4) is 0 Å². The molecule has 0 aliphatic carbocycles. The SMILES string of the molecule is CN1CCN(c2nc3sccn3c2CN)c2ccccc21. The van der Waals surface area contributed by atoms with E-state index in [9.17, 15) is 0 Å². The van der Waals surface area contributed by atoms with Gasteiger partial charge in [-0.25, -0.2) is 4.98 Å². The predicted octanol–water partition coefficient (Wildman–Crippen LogP) is 2.44. The lowest BCUT2D eigenvalue weighted by atomic mass is 10.1. The molecular formula is C15H17N5S. The molecule has 108 valence electrons. The third-order valence-corrected chi connectivity index (χ3v) is 4.79. The number of para-hydroxylation sites is 2. The van der Waals surface area contributed by atoms with Crippen LogP contribution in [0.1, 0.15) is 5.69 Å². The Morgan fingerprint density at radius 3 is 2.86 bits per heavy atom. The van der Waals surface area contributed by atoms with Crippen molar-refractivity contribution in [1.82, 2.24) is 9.38 Å². The highest BCUT2D eigenvalue weighted by Crippen LogP contribution is 2.38. The molecule has 0 bridgehead atoms. The normalized spacial score (nSPS) is 14.8. The number of aromatic nitrogens is 2. The Morgan fingerprint density at radius 1 is 1.24 bits per heavy atom. The number of imidazole rings is 1. The monoisotopic (exact) mass is 299 g/mol. The van der Waals surface area contributed by atoms with Crippen LogP contribution >= 0.6 is 11.3 Å². The first-order chi connectivity index (χ1) is 10.3. The van der Waals surface area contributed by atoms with E-state index in [1.54, 1.807) is 11.3 Å². The van der Waals surface area contributed by atoms with Crippen LogP contribution in [0, 0.1) is 0 Å². The second kappa shape index (κ2) is 4.75. The maximum Gasteiger partial charge on any atom is 0.195 e. The Labute approximate surface area is 127 Å². The molecule has 0 saturated carbocycles. The Morgan fingerprint density at radius 2 is 2.05 bits per heavy atom. The van der Waals surface area contributed by atoms with Crippen LogP contribution in [-0.4, -0.2) is 29.5 Å². The third-order valence-electron chi connectivity index (χ3n) is 4.03. The topological polar surface area (TPSA) is 49.8 Å². The van der Waals surface area contributed by atoms with Crippen LogP contribution in [0.15, 0.2) is 35.8 Å². The molecular weight excluding hydrogens is 282 g/mol. The first-order valence-corrected chi connectivity index (χ1v) is 7.90. The van der Waals surface area contributed by atoms with E-state index in [4.69, 9.17) is 10.7 Å². The molecule has 0 amide bonds. The van der Waals surface area contributed by atoms with Crippen LogP contribution in [0.5, 0.6) is 0 Å². The number of benzene rings is 1. The van der Waals surface area contributed by atoms with Crippen molar-refractivity contribution < 1.29 is 0 Å². The molecule has 6 heteroatoms. The Hall–Kier alpha value is -2.05. The molecule has 0 radical (unpaired) electrons. The summed E-state index contributed by atoms with van der Waals surface area (Å²) in [5, 5.41) is 2.04. The fourth-order valence-corrected chi connectivity index (χ4v) is 3.68. The molecule has 0 saturated heterocycles. The summed E-state index contributed by atoms with van der Waals surface area (Å²) in [7, 11) is 2.13. The summed E-state index contributed by atoms with van der Waals surface area (Å²) in [6.07, 6.45) is 2.04. The molecule has 3 aromatic rings. The van der Waals surface area contributed by atoms with E-state index >= 15 is 0 Å². The zero-order valence-corrected chi connectivity index (χ0v) is 12.7. The van der Waals surface area contributed by atoms with Crippen molar-refractivity contribution in [3.63, 3.8) is 0 Å². The summed E-state index contributed by atoms with van der Waals surface area (Å²) < 4.78 is 2.10. The van der Waals surface area contributed by atoms with Gasteiger partial charge in [0.25, 0.3) is 0 Å². The van der Waals surface area contributed by atoms with Gasteiger partial charge in [0.05, 0.1) is 17.1 Å². The van der Waals surface area contributed by atoms with Crippen LogP contribution in [0.4, 0.5) is 17.2 Å². The van der Waals surface area contributed by atoms with Crippen LogP contribution in [-0.2, 0) is 6.54 Å². The van der Waals surface area contributed by atoms with Crippen molar-refractivity contribution >= 4 is 33.5 Å². The minimum absolute atomic E-state index is 0.488. The van der Waals surface area contributed by atoms with E-state index < -0.39 is 0 Å². The van der Waals surface area contributed by atoms with E-state index in [0.717, 1.165) is 29.6 Å². The largest absolute Gasteiger partial charge is 0.371 e. The zero-order chi connectivity index (χ0) is 14.4. The molecule has 1 aromatic carbocycles. The second-order valence-corrected chi connectivity index (χ2v) is 6.08. The Bertz CT molecular complexity index is 790. The zero-order valence-electron chi connectivity index (χ0n) is 11.9. The van der Waals surface area contributed by atoms with E-state index in [0.29, 0.717) is 6.54 Å². The van der Waals surface area contributed by atoms with E-state index in [-0.39, 0.29) is 0 Å². The quantitative estimate of drug-likeness (QED) is 0.789. The minimum Gasteiger partial charge on any atom is -0.371 e. The molecule has 4 rings (SSSR count). The molecule has 21 heavy (non-hydrogen) atoms. The number of nitrogens with two attached hydrogens (primary N) is 1. The van der Waals surface area contributed by atoms with Gasteiger partial charge in [0.2, 0.25) is 0 Å². The Balaban J connectivity index is 1.89. The molecule has 1 aliphatic heterocycles. The van der Waals surface area contributed by atoms with Gasteiger partial charge < -0.3 is 15.5 Å². The maximum absolute atomic E-state index is 5.98. The van der Waals surface area contributed by atoms with Crippen molar-refractivity contribution in [2.75, 3.05) is 29.9 Å². The first kappa shape index (κ1) is 12.7. The van der Waals surface area contributed by atoms with Gasteiger partial charge in [-0.15, -0.1) is 11.3 Å². The molecule has 0 fully saturated rings. The van der Waals surface area contributed by atoms with Crippen molar-refractivity contribution in [2.45, 2.75) is 6.54 Å². The van der Waals surface area contributed by atoms with Gasteiger partial charge in [0, 0.05) is 38.3 Å². The molecule has 2 N–H and O–H groups in total. The first-order valence-electron chi connectivity index (χ1n) is 7.02. The summed E-state index contributed by atoms with van der Waals surface area (Å²) in [6, 6.07) is 8.46. The lowest BCUT2D eigenvalue weighted by Gasteiger charge is -2.36. The number of fused-ring (bicyclic) bond motifs is 2. The molecule has 0 spiro atoms. The average Bonchev–Trinajstić information content (AvgIpc) is 3.08. The fourth-order valence-electron chi connectivity index (χ4n) is 2.95. The molecule has 0 unspecified atom stereocenters. The lowest BCUT2D eigenvalue weighted by Crippen LogP contribution is -2.37. The standard InChI is InChI=1S/C15H17N5S/c1-18-6-7-19(12-5-3-2-4-11(12)18)14-13(10-16)20-8-9-21-15(20)17-14/h2-5,8-9H,6-7,10,16H2,1H3. The van der Waals surface area contributed by atoms with Crippen LogP contribution < -0.4 is 15.5 Å². The molecule has 2 aromatic heterocycles. The van der Waals surface area contributed by atoms with E-state index in [1.807, 2.05) is 11.6 Å². The fraction of sp³-hybridized carbons (Fsp3) is 0.267. The Kier molecular flexibility index (Phi) is 2.87. The highest BCUT2D eigenvalue weighted by atomic mass is 32.1. The summed E-state index contributed by atoms with van der Waals surface area (Å²) in [5.41, 5.74) is 9.50. The van der Waals surface area contributed by atoms with Crippen molar-refractivity contribution in [2.24, 2.45) is 5.73 Å². The number of thiazole rings is 1. The molecule has 3 heterocycles. The molecule has 1 aliphatic rings. The van der Waals surface area contributed by atoms with Gasteiger partial charge in [-0.05, 0) is 12.1 Å². The lowest BCUT2D eigenvalue weighted by molar-refractivity contribution is 0.808. The number of hydrogen-bond donors (Lipinski definition) is 1. The van der Waals surface area contributed by atoms with Crippen LogP contribution in [0.3, 0.4) is 0 Å². The highest BCUT2D eigenvalue weighted by molar-refractivity contribution is 7.15. The maximum atomic E-state index is 5.98. The predicted molar refractivity (Wildman–Crippen MR) is 87.7 cm³/mol. The minimum atomic E-state index is 0.488. The van der Waals surface area contributed by atoms with E-state index in [1.165, 1.54) is 11.4 Å². The molecule has 0 atom stereocenters. The van der Waals surface area contributed by atoms with Crippen LogP contribution in [0.25, 0.3) is 4.96 Å². The van der Waals surface area contributed by atoms with Crippen molar-refractivity contribution in [1.29, 1.82) is 0 Å². The highest BCUT2D eigenvalue weighted by Gasteiger charge is 2.25. The molecule has 5 nitrogen and oxygen atoms in total. The number of likely N-dealkylation sites (N-methyl/N-ethyl adjacent to an activating group) is 1. The van der Waals surface area contributed by atoms with Gasteiger partial charge >= 0.3 is 0 Å². The summed E-state index contributed by atoms with van der Waals surface area (Å²) >= 11 is 1.64. The number of hydrogen-bond acceptors (Lipinski definition) is 5. The van der Waals surface area contributed by atoms with Crippen molar-refractivity contribution in [3.05, 3.63) is 41.5 Å². The smallest absolute Gasteiger partial charge is 0.195 e. The summed E-state index contributed by atoms with van der Waals surface area (Å²) in [6.45, 7) is 2.39. The average molecular weight is 299 g/mol. The number of rotatable bonds is 2. The van der Waals surface area contributed by atoms with E-state index in [2.05, 4.69) is 45.5 Å². The van der Waals surface area contributed by atoms with Crippen LogP contribution in [0.2, 0.25) is 0 Å². The van der Waals surface area contributed by atoms with Gasteiger partial charge in [-0.3, -0.25) is 4.40 Å². The van der Waals surface area contributed by atoms with Gasteiger partial charge in [0.1, 0.15) is 0 Å². The second-order valence-electron chi connectivity index (χ2n) is 5.20. The number of nitrogens with zero attached hydrogens (tertiary/aromatic N) is 4.